The van der Waals surface area contributed by atoms with E-state index in [2.05, 4.69) is 43.1 Å². The van der Waals surface area contributed by atoms with Crippen molar-refractivity contribution in [3.05, 3.63) is 23.7 Å². The fourth-order valence-corrected chi connectivity index (χ4v) is 2.88. The van der Waals surface area contributed by atoms with E-state index in [1.54, 1.807) is 0 Å². The van der Waals surface area contributed by atoms with Crippen molar-refractivity contribution in [3.63, 3.8) is 0 Å². The van der Waals surface area contributed by atoms with E-state index in [0.29, 0.717) is 18.1 Å². The average molecular weight is 250 g/mol. The van der Waals surface area contributed by atoms with Gasteiger partial charge in [-0.1, -0.05) is 13.3 Å². The molecular formula is C15H26N2O. The molecule has 0 amide bonds. The van der Waals surface area contributed by atoms with Gasteiger partial charge in [0.2, 0.25) is 0 Å². The average Bonchev–Trinajstić information content (AvgIpc) is 2.78. The van der Waals surface area contributed by atoms with E-state index < -0.39 is 0 Å². The Morgan fingerprint density at radius 3 is 2.89 bits per heavy atom. The highest BCUT2D eigenvalue weighted by atomic mass is 16.3. The zero-order valence-corrected chi connectivity index (χ0v) is 12.1. The first-order valence-electron chi connectivity index (χ1n) is 7.17. The van der Waals surface area contributed by atoms with Crippen molar-refractivity contribution < 1.29 is 4.42 Å². The van der Waals surface area contributed by atoms with Crippen LogP contribution < -0.4 is 5.32 Å². The molecule has 1 N–H and O–H groups in total. The fourth-order valence-electron chi connectivity index (χ4n) is 2.88. The van der Waals surface area contributed by atoms with Gasteiger partial charge in [0.15, 0.2) is 0 Å². The van der Waals surface area contributed by atoms with Crippen molar-refractivity contribution in [1.29, 1.82) is 0 Å². The first kappa shape index (κ1) is 13.6. The predicted octanol–water partition coefficient (Wildman–Crippen LogP) is 3.11. The molecule has 0 aromatic carbocycles. The molecule has 2 heterocycles. The number of furan rings is 1. The van der Waals surface area contributed by atoms with Crippen LogP contribution in [0.3, 0.4) is 0 Å². The molecule has 1 fully saturated rings. The summed E-state index contributed by atoms with van der Waals surface area (Å²) < 4.78 is 5.78. The number of nitrogens with zero attached hydrogens (tertiary/aromatic N) is 1. The minimum Gasteiger partial charge on any atom is -0.465 e. The van der Waals surface area contributed by atoms with Crippen LogP contribution in [-0.2, 0) is 0 Å². The van der Waals surface area contributed by atoms with E-state index in [4.69, 9.17) is 4.42 Å². The summed E-state index contributed by atoms with van der Waals surface area (Å²) in [5.41, 5.74) is 0. The lowest BCUT2D eigenvalue weighted by molar-refractivity contribution is 0.0847. The van der Waals surface area contributed by atoms with Gasteiger partial charge in [0.1, 0.15) is 11.5 Å². The molecule has 2 rings (SSSR count). The second-order valence-corrected chi connectivity index (χ2v) is 5.56. The van der Waals surface area contributed by atoms with Gasteiger partial charge >= 0.3 is 0 Å². The maximum atomic E-state index is 5.78. The Labute approximate surface area is 111 Å². The van der Waals surface area contributed by atoms with Crippen molar-refractivity contribution in [3.8, 4) is 0 Å². The highest BCUT2D eigenvalue weighted by molar-refractivity contribution is 5.10. The van der Waals surface area contributed by atoms with Gasteiger partial charge in [0.05, 0.1) is 6.04 Å². The lowest BCUT2D eigenvalue weighted by atomic mass is 10.0. The summed E-state index contributed by atoms with van der Waals surface area (Å²) in [4.78, 5) is 2.56. The summed E-state index contributed by atoms with van der Waals surface area (Å²) in [6.07, 6.45) is 2.50. The van der Waals surface area contributed by atoms with Crippen LogP contribution in [0.15, 0.2) is 16.5 Å². The number of hydrogen-bond donors (Lipinski definition) is 1. The maximum Gasteiger partial charge on any atom is 0.121 e. The molecule has 1 aromatic heterocycles. The molecular weight excluding hydrogens is 224 g/mol. The van der Waals surface area contributed by atoms with E-state index in [1.807, 2.05) is 6.92 Å². The number of aryl methyl sites for hydroxylation is 1. The molecule has 3 nitrogen and oxygen atoms in total. The monoisotopic (exact) mass is 250 g/mol. The molecule has 1 aromatic rings. The number of piperazine rings is 1. The molecule has 102 valence electrons. The van der Waals surface area contributed by atoms with Gasteiger partial charge in [0.25, 0.3) is 0 Å². The van der Waals surface area contributed by atoms with Crippen molar-refractivity contribution in [1.82, 2.24) is 10.2 Å². The molecule has 0 spiro atoms. The van der Waals surface area contributed by atoms with Gasteiger partial charge in [-0.2, -0.15) is 0 Å². The molecule has 1 saturated heterocycles. The third kappa shape index (κ3) is 2.96. The first-order valence-corrected chi connectivity index (χ1v) is 7.17. The number of rotatable bonds is 4. The normalized spacial score (nSPS) is 27.3. The zero-order valence-electron chi connectivity index (χ0n) is 12.1. The summed E-state index contributed by atoms with van der Waals surface area (Å²) >= 11 is 0. The van der Waals surface area contributed by atoms with Crippen LogP contribution in [0.2, 0.25) is 0 Å². The van der Waals surface area contributed by atoms with E-state index in [9.17, 15) is 0 Å². The zero-order chi connectivity index (χ0) is 13.1. The summed E-state index contributed by atoms with van der Waals surface area (Å²) in [7, 11) is 0. The van der Waals surface area contributed by atoms with Crippen LogP contribution in [0.5, 0.6) is 0 Å². The number of nitrogens with one attached hydrogen (secondary N) is 1. The van der Waals surface area contributed by atoms with E-state index in [-0.39, 0.29) is 0 Å². The van der Waals surface area contributed by atoms with E-state index >= 15 is 0 Å². The maximum absolute atomic E-state index is 5.78. The molecule has 3 atom stereocenters. The second-order valence-electron chi connectivity index (χ2n) is 5.56. The third-order valence-electron chi connectivity index (χ3n) is 4.01. The predicted molar refractivity (Wildman–Crippen MR) is 74.7 cm³/mol. The van der Waals surface area contributed by atoms with Crippen LogP contribution in [0.1, 0.15) is 51.2 Å². The fraction of sp³-hybridized carbons (Fsp3) is 0.733. The lowest BCUT2D eigenvalue weighted by Crippen LogP contribution is -2.55. The Hall–Kier alpha value is -0.800. The first-order chi connectivity index (χ1) is 8.61. The van der Waals surface area contributed by atoms with E-state index in [0.717, 1.165) is 24.6 Å². The van der Waals surface area contributed by atoms with Crippen LogP contribution in [0.4, 0.5) is 0 Å². The highest BCUT2D eigenvalue weighted by Crippen LogP contribution is 2.26. The third-order valence-corrected chi connectivity index (χ3v) is 4.01. The Morgan fingerprint density at radius 2 is 2.28 bits per heavy atom. The molecule has 1 aliphatic heterocycles. The van der Waals surface area contributed by atoms with Gasteiger partial charge in [0, 0.05) is 25.2 Å². The van der Waals surface area contributed by atoms with E-state index in [1.165, 1.54) is 12.8 Å². The van der Waals surface area contributed by atoms with Crippen LogP contribution in [0, 0.1) is 6.92 Å². The second kappa shape index (κ2) is 5.89. The van der Waals surface area contributed by atoms with Crippen molar-refractivity contribution in [2.45, 2.75) is 58.7 Å². The van der Waals surface area contributed by atoms with Crippen LogP contribution >= 0.6 is 0 Å². The van der Waals surface area contributed by atoms with Gasteiger partial charge in [-0.25, -0.2) is 0 Å². The molecule has 0 radical (unpaired) electrons. The summed E-state index contributed by atoms with van der Waals surface area (Å²) in [5.74, 6) is 2.10. The van der Waals surface area contributed by atoms with Crippen molar-refractivity contribution in [2.24, 2.45) is 0 Å². The minimum atomic E-state index is 0.371. The summed E-state index contributed by atoms with van der Waals surface area (Å²) in [5, 5.41) is 3.64. The van der Waals surface area contributed by atoms with Crippen LogP contribution in [-0.4, -0.2) is 30.1 Å². The molecule has 3 unspecified atom stereocenters. The Morgan fingerprint density at radius 1 is 1.50 bits per heavy atom. The standard InChI is InChI=1S/C15H26N2O/c1-5-6-14-10-17(11(2)9-16-14)13(4)15-8-7-12(3)18-15/h7-8,11,13-14,16H,5-6,9-10H2,1-4H3. The molecule has 0 aliphatic carbocycles. The summed E-state index contributed by atoms with van der Waals surface area (Å²) in [6, 6.07) is 5.74. The molecule has 3 heteroatoms. The number of hydrogen-bond acceptors (Lipinski definition) is 3. The molecule has 0 saturated carbocycles. The Balaban J connectivity index is 2.05. The van der Waals surface area contributed by atoms with Gasteiger partial charge in [-0.05, 0) is 39.3 Å². The lowest BCUT2D eigenvalue weighted by Gasteiger charge is -2.41. The quantitative estimate of drug-likeness (QED) is 0.890. The van der Waals surface area contributed by atoms with Gasteiger partial charge in [-0.3, -0.25) is 4.90 Å². The SMILES string of the molecule is CCCC1CN(C(C)c2ccc(C)o2)C(C)CN1. The molecule has 1 aliphatic rings. The summed E-state index contributed by atoms with van der Waals surface area (Å²) in [6.45, 7) is 11.0. The highest BCUT2D eigenvalue weighted by Gasteiger charge is 2.29. The van der Waals surface area contributed by atoms with Gasteiger partial charge in [-0.15, -0.1) is 0 Å². The van der Waals surface area contributed by atoms with Gasteiger partial charge < -0.3 is 9.73 Å². The molecule has 0 bridgehead atoms. The minimum absolute atomic E-state index is 0.371. The van der Waals surface area contributed by atoms with Crippen molar-refractivity contribution in [2.75, 3.05) is 13.1 Å². The molecule has 18 heavy (non-hydrogen) atoms. The topological polar surface area (TPSA) is 28.4 Å². The Bertz CT molecular complexity index is 374. The van der Waals surface area contributed by atoms with Crippen molar-refractivity contribution >= 4 is 0 Å². The largest absolute Gasteiger partial charge is 0.465 e. The Kier molecular flexibility index (Phi) is 4.46. The smallest absolute Gasteiger partial charge is 0.121 e. The van der Waals surface area contributed by atoms with Crippen LogP contribution in [0.25, 0.3) is 0 Å².